The molecule has 0 aromatic heterocycles. The molecule has 0 spiro atoms. The SMILES string of the molecule is OC1(c2cccc(C(F)(F)F)c2)C(Cc2ccccc2)SC2=NCCN21. The van der Waals surface area contributed by atoms with Crippen LogP contribution in [0.1, 0.15) is 16.7 Å². The van der Waals surface area contributed by atoms with E-state index in [2.05, 4.69) is 4.99 Å². The van der Waals surface area contributed by atoms with Crippen LogP contribution in [0.15, 0.2) is 59.6 Å². The van der Waals surface area contributed by atoms with Crippen LogP contribution < -0.4 is 0 Å². The third-order valence-electron chi connectivity index (χ3n) is 4.79. The van der Waals surface area contributed by atoms with E-state index >= 15 is 0 Å². The quantitative estimate of drug-likeness (QED) is 0.881. The fourth-order valence-electron chi connectivity index (χ4n) is 3.51. The highest BCUT2D eigenvalue weighted by Crippen LogP contribution is 2.48. The molecule has 1 saturated heterocycles. The maximum absolute atomic E-state index is 13.2. The normalized spacial score (nSPS) is 25.3. The molecule has 2 aromatic rings. The number of thioether (sulfide) groups is 1. The van der Waals surface area contributed by atoms with Crippen molar-refractivity contribution in [3.8, 4) is 0 Å². The van der Waals surface area contributed by atoms with E-state index < -0.39 is 17.5 Å². The summed E-state index contributed by atoms with van der Waals surface area (Å²) in [5, 5.41) is 12.0. The first kappa shape index (κ1) is 17.4. The Morgan fingerprint density at radius 1 is 1.15 bits per heavy atom. The lowest BCUT2D eigenvalue weighted by Gasteiger charge is -2.36. The number of amidine groups is 1. The van der Waals surface area contributed by atoms with E-state index in [0.717, 1.165) is 17.7 Å². The van der Waals surface area contributed by atoms with Crippen molar-refractivity contribution in [2.45, 2.75) is 23.6 Å². The molecule has 2 unspecified atom stereocenters. The average Bonchev–Trinajstić information content (AvgIpc) is 3.18. The molecule has 0 bridgehead atoms. The predicted octanol–water partition coefficient (Wildman–Crippen LogP) is 3.88. The molecule has 136 valence electrons. The van der Waals surface area contributed by atoms with Crippen molar-refractivity contribution >= 4 is 16.9 Å². The zero-order chi connectivity index (χ0) is 18.4. The first-order valence-corrected chi connectivity index (χ1v) is 9.20. The zero-order valence-electron chi connectivity index (χ0n) is 13.8. The Balaban J connectivity index is 1.76. The van der Waals surface area contributed by atoms with Gasteiger partial charge in [0.25, 0.3) is 0 Å². The molecule has 2 aliphatic rings. The second kappa shape index (κ2) is 6.32. The number of benzene rings is 2. The van der Waals surface area contributed by atoms with E-state index in [1.165, 1.54) is 17.8 Å². The standard InChI is InChI=1S/C19H17F3N2OS/c20-19(21,22)15-8-4-7-14(12-15)18(25)16(11-13-5-2-1-3-6-13)26-17-23-9-10-24(17)18/h1-8,12,16,25H,9-11H2. The molecule has 26 heavy (non-hydrogen) atoms. The fourth-order valence-corrected chi connectivity index (χ4v) is 4.99. The van der Waals surface area contributed by atoms with Gasteiger partial charge in [-0.1, -0.05) is 54.2 Å². The van der Waals surface area contributed by atoms with E-state index in [9.17, 15) is 18.3 Å². The summed E-state index contributed by atoms with van der Waals surface area (Å²) < 4.78 is 39.5. The van der Waals surface area contributed by atoms with Gasteiger partial charge >= 0.3 is 6.18 Å². The van der Waals surface area contributed by atoms with E-state index in [1.807, 2.05) is 30.3 Å². The van der Waals surface area contributed by atoms with Crippen LogP contribution in [0.25, 0.3) is 0 Å². The number of fused-ring (bicyclic) bond motifs is 1. The van der Waals surface area contributed by atoms with Gasteiger partial charge in [0, 0.05) is 12.1 Å². The molecular weight excluding hydrogens is 361 g/mol. The van der Waals surface area contributed by atoms with Crippen molar-refractivity contribution in [1.82, 2.24) is 4.90 Å². The van der Waals surface area contributed by atoms with Gasteiger partial charge in [-0.2, -0.15) is 13.2 Å². The lowest BCUT2D eigenvalue weighted by molar-refractivity contribution is -0.138. The van der Waals surface area contributed by atoms with Crippen molar-refractivity contribution < 1.29 is 18.3 Å². The molecular formula is C19H17F3N2OS. The van der Waals surface area contributed by atoms with Gasteiger partial charge in [-0.05, 0) is 24.1 Å². The molecule has 2 heterocycles. The summed E-state index contributed by atoms with van der Waals surface area (Å²) in [4.78, 5) is 6.14. The number of hydrogen-bond acceptors (Lipinski definition) is 4. The lowest BCUT2D eigenvalue weighted by Crippen LogP contribution is -2.48. The van der Waals surface area contributed by atoms with Gasteiger partial charge in [0.05, 0.1) is 17.4 Å². The van der Waals surface area contributed by atoms with Crippen molar-refractivity contribution in [1.29, 1.82) is 0 Å². The van der Waals surface area contributed by atoms with Gasteiger partial charge in [-0.3, -0.25) is 4.99 Å². The van der Waals surface area contributed by atoms with Crippen LogP contribution in [0.5, 0.6) is 0 Å². The topological polar surface area (TPSA) is 35.8 Å². The Bertz CT molecular complexity index is 840. The van der Waals surface area contributed by atoms with E-state index in [0.29, 0.717) is 24.7 Å². The molecule has 1 N–H and O–H groups in total. The Morgan fingerprint density at radius 2 is 1.92 bits per heavy atom. The molecule has 0 amide bonds. The molecule has 0 aliphatic carbocycles. The summed E-state index contributed by atoms with van der Waals surface area (Å²) in [6.45, 7) is 1.04. The number of rotatable bonds is 3. The average molecular weight is 378 g/mol. The van der Waals surface area contributed by atoms with Crippen LogP contribution in [0.2, 0.25) is 0 Å². The highest BCUT2D eigenvalue weighted by molar-refractivity contribution is 8.14. The van der Waals surface area contributed by atoms with Gasteiger partial charge in [0.2, 0.25) is 0 Å². The van der Waals surface area contributed by atoms with Crippen molar-refractivity contribution in [2.75, 3.05) is 13.1 Å². The minimum absolute atomic E-state index is 0.257. The second-order valence-electron chi connectivity index (χ2n) is 6.42. The number of aliphatic hydroxyl groups is 1. The van der Waals surface area contributed by atoms with Crippen molar-refractivity contribution in [3.05, 3.63) is 71.3 Å². The largest absolute Gasteiger partial charge is 0.416 e. The fraction of sp³-hybridized carbons (Fsp3) is 0.316. The first-order valence-electron chi connectivity index (χ1n) is 8.32. The minimum Gasteiger partial charge on any atom is -0.366 e. The van der Waals surface area contributed by atoms with Crippen LogP contribution in [-0.4, -0.2) is 33.5 Å². The third kappa shape index (κ3) is 2.89. The molecule has 4 rings (SSSR count). The highest BCUT2D eigenvalue weighted by Gasteiger charge is 2.54. The van der Waals surface area contributed by atoms with Crippen LogP contribution in [0, 0.1) is 0 Å². The summed E-state index contributed by atoms with van der Waals surface area (Å²) in [7, 11) is 0. The van der Waals surface area contributed by atoms with Gasteiger partial charge in [-0.25, -0.2) is 0 Å². The maximum Gasteiger partial charge on any atom is 0.416 e. The monoisotopic (exact) mass is 378 g/mol. The molecule has 2 atom stereocenters. The van der Waals surface area contributed by atoms with Gasteiger partial charge < -0.3 is 10.0 Å². The summed E-state index contributed by atoms with van der Waals surface area (Å²) in [6, 6.07) is 14.7. The summed E-state index contributed by atoms with van der Waals surface area (Å²) in [5.41, 5.74) is -0.988. The lowest BCUT2D eigenvalue weighted by atomic mass is 9.92. The molecule has 1 fully saturated rings. The Hall–Kier alpha value is -1.99. The van der Waals surface area contributed by atoms with Crippen molar-refractivity contribution in [3.63, 3.8) is 0 Å². The van der Waals surface area contributed by atoms with Crippen molar-refractivity contribution in [2.24, 2.45) is 4.99 Å². The molecule has 2 aromatic carbocycles. The number of alkyl halides is 3. The molecule has 2 aliphatic heterocycles. The Labute approximate surface area is 153 Å². The number of halogens is 3. The van der Waals surface area contributed by atoms with E-state index in [-0.39, 0.29) is 10.8 Å². The molecule has 7 heteroatoms. The number of aliphatic imine (C=N–C) groups is 1. The second-order valence-corrected chi connectivity index (χ2v) is 7.59. The van der Waals surface area contributed by atoms with Crippen LogP contribution in [0.4, 0.5) is 13.2 Å². The smallest absolute Gasteiger partial charge is 0.366 e. The summed E-state index contributed by atoms with van der Waals surface area (Å²) >= 11 is 1.44. The summed E-state index contributed by atoms with van der Waals surface area (Å²) in [6.07, 6.45) is -3.91. The first-order chi connectivity index (χ1) is 12.4. The van der Waals surface area contributed by atoms with Crippen LogP contribution in [0.3, 0.4) is 0 Å². The molecule has 3 nitrogen and oxygen atoms in total. The van der Waals surface area contributed by atoms with Gasteiger partial charge in [0.15, 0.2) is 10.9 Å². The Kier molecular flexibility index (Phi) is 4.23. The van der Waals surface area contributed by atoms with Crippen LogP contribution in [-0.2, 0) is 18.3 Å². The molecule has 0 saturated carbocycles. The Morgan fingerprint density at radius 3 is 2.65 bits per heavy atom. The minimum atomic E-state index is -4.45. The highest BCUT2D eigenvalue weighted by atomic mass is 32.2. The van der Waals surface area contributed by atoms with Gasteiger partial charge in [0.1, 0.15) is 0 Å². The third-order valence-corrected chi connectivity index (χ3v) is 6.13. The van der Waals surface area contributed by atoms with Gasteiger partial charge in [-0.15, -0.1) is 0 Å². The van der Waals surface area contributed by atoms with E-state index in [1.54, 1.807) is 11.0 Å². The number of hydrogen-bond donors (Lipinski definition) is 1. The van der Waals surface area contributed by atoms with E-state index in [4.69, 9.17) is 0 Å². The predicted molar refractivity (Wildman–Crippen MR) is 95.9 cm³/mol. The molecule has 0 radical (unpaired) electrons. The summed E-state index contributed by atoms with van der Waals surface area (Å²) in [5.74, 6) is 0. The zero-order valence-corrected chi connectivity index (χ0v) is 14.6. The number of nitrogens with zero attached hydrogens (tertiary/aromatic N) is 2. The van der Waals surface area contributed by atoms with Crippen LogP contribution >= 0.6 is 11.8 Å². The maximum atomic E-state index is 13.2.